The molecule has 0 aliphatic carbocycles. The van der Waals surface area contributed by atoms with Crippen molar-refractivity contribution in [3.8, 4) is 0 Å². The van der Waals surface area contributed by atoms with E-state index in [1.54, 1.807) is 0 Å². The second-order valence-corrected chi connectivity index (χ2v) is 5.73. The third-order valence-electron chi connectivity index (χ3n) is 3.75. The highest BCUT2D eigenvalue weighted by Crippen LogP contribution is 2.32. The molecule has 0 bridgehead atoms. The Kier molecular flexibility index (Phi) is 5.02. The molecule has 0 aliphatic heterocycles. The first-order valence-electron chi connectivity index (χ1n) is 7.46. The van der Waals surface area contributed by atoms with Crippen molar-refractivity contribution in [2.45, 2.75) is 33.2 Å². The average molecular weight is 288 g/mol. The van der Waals surface area contributed by atoms with E-state index in [2.05, 4.69) is 37.5 Å². The lowest BCUT2D eigenvalue weighted by Gasteiger charge is -2.21. The van der Waals surface area contributed by atoms with Gasteiger partial charge in [-0.3, -0.25) is 4.79 Å². The second-order valence-electron chi connectivity index (χ2n) is 5.73. The van der Waals surface area contributed by atoms with E-state index in [9.17, 15) is 4.79 Å². The third kappa shape index (κ3) is 3.45. The maximum absolute atomic E-state index is 12.0. The van der Waals surface area contributed by atoms with Gasteiger partial charge >= 0.3 is 0 Å². The van der Waals surface area contributed by atoms with Gasteiger partial charge in [-0.15, -0.1) is 0 Å². The highest BCUT2D eigenvalue weighted by molar-refractivity contribution is 5.82. The summed E-state index contributed by atoms with van der Waals surface area (Å²) in [6.45, 7) is 6.91. The summed E-state index contributed by atoms with van der Waals surface area (Å²) in [5.74, 6) is 1.18. The standard InChI is InChI=1S/C17H24N2O2/c1-11(2)16(19-15(20)9-10-18-4)17-12(3)13-7-5-6-8-14(13)21-17/h5-8,11,16,18H,9-10H2,1-4H3,(H,19,20). The number of para-hydroxylation sites is 1. The van der Waals surface area contributed by atoms with Gasteiger partial charge in [-0.2, -0.15) is 0 Å². The molecule has 1 atom stereocenters. The van der Waals surface area contributed by atoms with Crippen molar-refractivity contribution in [2.24, 2.45) is 5.92 Å². The van der Waals surface area contributed by atoms with E-state index in [1.165, 1.54) is 0 Å². The normalized spacial score (nSPS) is 12.8. The first-order valence-corrected chi connectivity index (χ1v) is 7.46. The molecule has 2 rings (SSSR count). The van der Waals surface area contributed by atoms with Crippen molar-refractivity contribution in [2.75, 3.05) is 13.6 Å². The van der Waals surface area contributed by atoms with Gasteiger partial charge in [0, 0.05) is 23.9 Å². The third-order valence-corrected chi connectivity index (χ3v) is 3.75. The van der Waals surface area contributed by atoms with Gasteiger partial charge < -0.3 is 15.1 Å². The smallest absolute Gasteiger partial charge is 0.221 e. The fourth-order valence-corrected chi connectivity index (χ4v) is 2.51. The molecule has 0 spiro atoms. The number of carbonyl (C=O) groups is 1. The number of hydrogen-bond donors (Lipinski definition) is 2. The summed E-state index contributed by atoms with van der Waals surface area (Å²) in [6.07, 6.45) is 0.471. The summed E-state index contributed by atoms with van der Waals surface area (Å²) >= 11 is 0. The minimum absolute atomic E-state index is 0.0444. The first-order chi connectivity index (χ1) is 10.0. The predicted octanol–water partition coefficient (Wildman–Crippen LogP) is 3.16. The molecule has 1 amide bonds. The lowest BCUT2D eigenvalue weighted by atomic mass is 9.98. The number of hydrogen-bond acceptors (Lipinski definition) is 3. The van der Waals surface area contributed by atoms with Crippen molar-refractivity contribution in [1.82, 2.24) is 10.6 Å². The van der Waals surface area contributed by atoms with Gasteiger partial charge in [0.25, 0.3) is 0 Å². The Morgan fingerprint density at radius 3 is 2.62 bits per heavy atom. The zero-order valence-corrected chi connectivity index (χ0v) is 13.2. The van der Waals surface area contributed by atoms with Gasteiger partial charge in [0.1, 0.15) is 11.3 Å². The van der Waals surface area contributed by atoms with Crippen LogP contribution in [0.3, 0.4) is 0 Å². The summed E-state index contributed by atoms with van der Waals surface area (Å²) in [5.41, 5.74) is 1.98. The second kappa shape index (κ2) is 6.76. The topological polar surface area (TPSA) is 54.3 Å². The number of benzene rings is 1. The molecule has 2 aromatic rings. The van der Waals surface area contributed by atoms with E-state index in [-0.39, 0.29) is 17.9 Å². The summed E-state index contributed by atoms with van der Waals surface area (Å²) in [7, 11) is 1.84. The van der Waals surface area contributed by atoms with E-state index >= 15 is 0 Å². The Balaban J connectivity index is 2.28. The molecule has 0 saturated carbocycles. The number of aryl methyl sites for hydroxylation is 1. The molecule has 1 aromatic heterocycles. The lowest BCUT2D eigenvalue weighted by molar-refractivity contribution is -0.122. The Labute approximate surface area is 125 Å². The number of amides is 1. The van der Waals surface area contributed by atoms with Gasteiger partial charge in [-0.25, -0.2) is 0 Å². The van der Waals surface area contributed by atoms with Crippen molar-refractivity contribution in [3.05, 3.63) is 35.6 Å². The summed E-state index contributed by atoms with van der Waals surface area (Å²) in [4.78, 5) is 12.0. The van der Waals surface area contributed by atoms with Crippen LogP contribution >= 0.6 is 0 Å². The zero-order chi connectivity index (χ0) is 15.4. The number of rotatable bonds is 6. The van der Waals surface area contributed by atoms with E-state index in [0.29, 0.717) is 13.0 Å². The molecule has 4 heteroatoms. The number of carbonyl (C=O) groups excluding carboxylic acids is 1. The molecular formula is C17H24N2O2. The molecular weight excluding hydrogens is 264 g/mol. The van der Waals surface area contributed by atoms with Crippen LogP contribution in [0.1, 0.15) is 37.6 Å². The molecule has 114 valence electrons. The van der Waals surface area contributed by atoms with E-state index in [1.807, 2.05) is 25.2 Å². The molecule has 4 nitrogen and oxygen atoms in total. The highest BCUT2D eigenvalue weighted by atomic mass is 16.3. The maximum atomic E-state index is 12.0. The highest BCUT2D eigenvalue weighted by Gasteiger charge is 2.24. The van der Waals surface area contributed by atoms with Gasteiger partial charge in [0.2, 0.25) is 5.91 Å². The Morgan fingerprint density at radius 2 is 2.00 bits per heavy atom. The molecule has 0 aliphatic rings. The lowest BCUT2D eigenvalue weighted by Crippen LogP contribution is -2.33. The summed E-state index contributed by atoms with van der Waals surface area (Å²) in [6, 6.07) is 7.89. The molecule has 1 aromatic carbocycles. The molecule has 0 saturated heterocycles. The maximum Gasteiger partial charge on any atom is 0.221 e. The molecule has 21 heavy (non-hydrogen) atoms. The van der Waals surface area contributed by atoms with Crippen LogP contribution in [0, 0.1) is 12.8 Å². The monoisotopic (exact) mass is 288 g/mol. The molecule has 0 radical (unpaired) electrons. The number of fused-ring (bicyclic) bond motifs is 1. The average Bonchev–Trinajstić information content (AvgIpc) is 2.80. The van der Waals surface area contributed by atoms with Crippen molar-refractivity contribution in [1.29, 1.82) is 0 Å². The number of furan rings is 1. The number of nitrogens with one attached hydrogen (secondary N) is 2. The van der Waals surface area contributed by atoms with Gasteiger partial charge in [-0.05, 0) is 26.0 Å². The van der Waals surface area contributed by atoms with Gasteiger partial charge in [0.05, 0.1) is 6.04 Å². The van der Waals surface area contributed by atoms with E-state index in [4.69, 9.17) is 4.42 Å². The largest absolute Gasteiger partial charge is 0.459 e. The van der Waals surface area contributed by atoms with Crippen molar-refractivity contribution < 1.29 is 9.21 Å². The van der Waals surface area contributed by atoms with Crippen LogP contribution < -0.4 is 10.6 Å². The molecule has 1 unspecified atom stereocenters. The van der Waals surface area contributed by atoms with Crippen LogP contribution in [0.4, 0.5) is 0 Å². The van der Waals surface area contributed by atoms with Crippen molar-refractivity contribution >= 4 is 16.9 Å². The van der Waals surface area contributed by atoms with Crippen LogP contribution in [0.25, 0.3) is 11.0 Å². The Bertz CT molecular complexity index is 616. The first kappa shape index (κ1) is 15.6. The fourth-order valence-electron chi connectivity index (χ4n) is 2.51. The minimum atomic E-state index is -0.0956. The van der Waals surface area contributed by atoms with Gasteiger partial charge in [-0.1, -0.05) is 32.0 Å². The Morgan fingerprint density at radius 1 is 1.29 bits per heavy atom. The quantitative estimate of drug-likeness (QED) is 0.858. The molecule has 1 heterocycles. The zero-order valence-electron chi connectivity index (χ0n) is 13.2. The van der Waals surface area contributed by atoms with Crippen LogP contribution in [0.15, 0.2) is 28.7 Å². The van der Waals surface area contributed by atoms with Gasteiger partial charge in [0.15, 0.2) is 0 Å². The summed E-state index contributed by atoms with van der Waals surface area (Å²) < 4.78 is 6.00. The fraction of sp³-hybridized carbons (Fsp3) is 0.471. The van der Waals surface area contributed by atoms with Crippen LogP contribution in [0.5, 0.6) is 0 Å². The van der Waals surface area contributed by atoms with E-state index in [0.717, 1.165) is 22.3 Å². The predicted molar refractivity (Wildman–Crippen MR) is 85.2 cm³/mol. The molecule has 2 N–H and O–H groups in total. The van der Waals surface area contributed by atoms with Crippen LogP contribution in [-0.4, -0.2) is 19.5 Å². The Hall–Kier alpha value is -1.81. The summed E-state index contributed by atoms with van der Waals surface area (Å²) in [5, 5.41) is 7.20. The van der Waals surface area contributed by atoms with Crippen LogP contribution in [0.2, 0.25) is 0 Å². The van der Waals surface area contributed by atoms with E-state index < -0.39 is 0 Å². The van der Waals surface area contributed by atoms with Crippen LogP contribution in [-0.2, 0) is 4.79 Å². The minimum Gasteiger partial charge on any atom is -0.459 e. The molecule has 0 fully saturated rings. The van der Waals surface area contributed by atoms with Crippen molar-refractivity contribution in [3.63, 3.8) is 0 Å². The SMILES string of the molecule is CNCCC(=O)NC(c1oc2ccccc2c1C)C(C)C.